The van der Waals surface area contributed by atoms with Crippen molar-refractivity contribution in [2.24, 2.45) is 5.73 Å². The molecular weight excluding hydrogens is 268 g/mol. The standard InChI is InChI=1S/C12H20N2O2S2/c1-9-4-3-5-10(2)14(9)18(15,16)12-7-6-11(8-13)17-12/h6-7,9-10H,3-5,8,13H2,1-2H3. The summed E-state index contributed by atoms with van der Waals surface area (Å²) in [7, 11) is -3.35. The normalized spacial score (nSPS) is 26.4. The fourth-order valence-electron chi connectivity index (χ4n) is 2.58. The molecule has 0 spiro atoms. The summed E-state index contributed by atoms with van der Waals surface area (Å²) in [6, 6.07) is 3.65. The SMILES string of the molecule is CC1CCCC(C)N1S(=O)(=O)c1ccc(CN)s1. The van der Waals surface area contributed by atoms with E-state index < -0.39 is 10.0 Å². The summed E-state index contributed by atoms with van der Waals surface area (Å²) in [6.07, 6.45) is 2.99. The van der Waals surface area contributed by atoms with E-state index in [1.165, 1.54) is 11.3 Å². The quantitative estimate of drug-likeness (QED) is 0.927. The van der Waals surface area contributed by atoms with Crippen molar-refractivity contribution in [2.75, 3.05) is 0 Å². The molecule has 0 aliphatic carbocycles. The molecule has 1 fully saturated rings. The zero-order valence-corrected chi connectivity index (χ0v) is 12.4. The van der Waals surface area contributed by atoms with Crippen LogP contribution in [0, 0.1) is 0 Å². The van der Waals surface area contributed by atoms with Crippen LogP contribution >= 0.6 is 11.3 Å². The Balaban J connectivity index is 2.34. The molecule has 4 nitrogen and oxygen atoms in total. The maximum Gasteiger partial charge on any atom is 0.253 e. The second-order valence-electron chi connectivity index (χ2n) is 4.89. The van der Waals surface area contributed by atoms with Gasteiger partial charge in [-0.05, 0) is 38.8 Å². The molecule has 0 saturated carbocycles. The fourth-order valence-corrected chi connectivity index (χ4v) is 5.80. The molecule has 1 aliphatic rings. The average Bonchev–Trinajstić information content (AvgIpc) is 2.77. The third-order valence-corrected chi connectivity index (χ3v) is 7.19. The molecule has 6 heteroatoms. The van der Waals surface area contributed by atoms with E-state index in [9.17, 15) is 8.42 Å². The Kier molecular flexibility index (Phi) is 4.11. The minimum Gasteiger partial charge on any atom is -0.326 e. The molecule has 0 radical (unpaired) electrons. The number of nitrogens with two attached hydrogens (primary N) is 1. The van der Waals surface area contributed by atoms with Gasteiger partial charge in [-0.1, -0.05) is 6.42 Å². The van der Waals surface area contributed by atoms with Crippen LogP contribution in [0.2, 0.25) is 0 Å². The van der Waals surface area contributed by atoms with E-state index in [0.717, 1.165) is 24.1 Å². The van der Waals surface area contributed by atoms with Gasteiger partial charge in [0.15, 0.2) is 0 Å². The summed E-state index contributed by atoms with van der Waals surface area (Å²) in [4.78, 5) is 0.908. The first-order valence-electron chi connectivity index (χ1n) is 6.29. The third kappa shape index (κ3) is 2.47. The number of thiophene rings is 1. The number of sulfonamides is 1. The van der Waals surface area contributed by atoms with Crippen molar-refractivity contribution >= 4 is 21.4 Å². The molecule has 2 unspecified atom stereocenters. The number of hydrogen-bond donors (Lipinski definition) is 1. The zero-order chi connectivity index (χ0) is 13.3. The van der Waals surface area contributed by atoms with Crippen LogP contribution in [0.25, 0.3) is 0 Å². The maximum absolute atomic E-state index is 12.6. The van der Waals surface area contributed by atoms with Crippen molar-refractivity contribution in [1.82, 2.24) is 4.31 Å². The van der Waals surface area contributed by atoms with Crippen LogP contribution in [-0.2, 0) is 16.6 Å². The van der Waals surface area contributed by atoms with Gasteiger partial charge in [-0.2, -0.15) is 4.31 Å². The van der Waals surface area contributed by atoms with Gasteiger partial charge in [-0.15, -0.1) is 11.3 Å². The van der Waals surface area contributed by atoms with Gasteiger partial charge in [0.25, 0.3) is 10.0 Å². The van der Waals surface area contributed by atoms with Gasteiger partial charge in [0, 0.05) is 23.5 Å². The van der Waals surface area contributed by atoms with Gasteiger partial charge < -0.3 is 5.73 Å². The Bertz CT molecular complexity index is 500. The van der Waals surface area contributed by atoms with Crippen LogP contribution < -0.4 is 5.73 Å². The second-order valence-corrected chi connectivity index (χ2v) is 8.13. The molecule has 2 atom stereocenters. The topological polar surface area (TPSA) is 63.4 Å². The molecule has 2 heterocycles. The highest BCUT2D eigenvalue weighted by atomic mass is 32.2. The summed E-state index contributed by atoms with van der Waals surface area (Å²) in [5, 5.41) is 0. The van der Waals surface area contributed by atoms with Crippen molar-refractivity contribution < 1.29 is 8.42 Å². The number of nitrogens with zero attached hydrogens (tertiary/aromatic N) is 1. The first-order valence-corrected chi connectivity index (χ1v) is 8.54. The van der Waals surface area contributed by atoms with E-state index in [0.29, 0.717) is 10.8 Å². The Labute approximate surface area is 113 Å². The second kappa shape index (κ2) is 5.28. The van der Waals surface area contributed by atoms with Gasteiger partial charge in [0.1, 0.15) is 4.21 Å². The lowest BCUT2D eigenvalue weighted by atomic mass is 10.0. The summed E-state index contributed by atoms with van der Waals surface area (Å²) in [6.45, 7) is 4.38. The molecular formula is C12H20N2O2S2. The molecule has 1 aromatic rings. The van der Waals surface area contributed by atoms with Gasteiger partial charge in [0.2, 0.25) is 0 Å². The van der Waals surface area contributed by atoms with E-state index in [-0.39, 0.29) is 12.1 Å². The third-order valence-electron chi connectivity index (χ3n) is 3.48. The first kappa shape index (κ1) is 14.0. The molecule has 18 heavy (non-hydrogen) atoms. The van der Waals surface area contributed by atoms with E-state index in [1.807, 2.05) is 13.8 Å². The summed E-state index contributed by atoms with van der Waals surface area (Å²) in [5.74, 6) is 0. The highest BCUT2D eigenvalue weighted by Gasteiger charge is 2.36. The Morgan fingerprint density at radius 1 is 1.33 bits per heavy atom. The lowest BCUT2D eigenvalue weighted by Crippen LogP contribution is -2.47. The predicted octanol–water partition coefficient (Wildman–Crippen LogP) is 2.16. The van der Waals surface area contributed by atoms with E-state index in [4.69, 9.17) is 5.73 Å². The molecule has 1 saturated heterocycles. The summed E-state index contributed by atoms with van der Waals surface area (Å²) in [5.41, 5.74) is 5.54. The average molecular weight is 288 g/mol. The monoisotopic (exact) mass is 288 g/mol. The van der Waals surface area contributed by atoms with Crippen LogP contribution in [0.3, 0.4) is 0 Å². The van der Waals surface area contributed by atoms with Gasteiger partial charge in [-0.25, -0.2) is 8.42 Å². The number of hydrogen-bond acceptors (Lipinski definition) is 4. The number of rotatable bonds is 3. The molecule has 0 aromatic carbocycles. The largest absolute Gasteiger partial charge is 0.326 e. The van der Waals surface area contributed by atoms with Crippen molar-refractivity contribution in [3.8, 4) is 0 Å². The predicted molar refractivity (Wildman–Crippen MR) is 74.0 cm³/mol. The van der Waals surface area contributed by atoms with Gasteiger partial charge in [-0.3, -0.25) is 0 Å². The first-order chi connectivity index (χ1) is 8.46. The Morgan fingerprint density at radius 2 is 1.94 bits per heavy atom. The minimum absolute atomic E-state index is 0.0853. The van der Waals surface area contributed by atoms with Gasteiger partial charge in [0.05, 0.1) is 0 Å². The van der Waals surface area contributed by atoms with Crippen LogP contribution in [-0.4, -0.2) is 24.8 Å². The highest BCUT2D eigenvalue weighted by molar-refractivity contribution is 7.91. The van der Waals surface area contributed by atoms with Crippen molar-refractivity contribution in [3.63, 3.8) is 0 Å². The molecule has 102 valence electrons. The lowest BCUT2D eigenvalue weighted by Gasteiger charge is -2.37. The van der Waals surface area contributed by atoms with Crippen LogP contribution in [0.5, 0.6) is 0 Å². The zero-order valence-electron chi connectivity index (χ0n) is 10.8. The smallest absolute Gasteiger partial charge is 0.253 e. The van der Waals surface area contributed by atoms with Crippen LogP contribution in [0.4, 0.5) is 0 Å². The maximum atomic E-state index is 12.6. The highest BCUT2D eigenvalue weighted by Crippen LogP contribution is 2.32. The van der Waals surface area contributed by atoms with E-state index in [1.54, 1.807) is 16.4 Å². The molecule has 0 bridgehead atoms. The lowest BCUT2D eigenvalue weighted by molar-refractivity contribution is 0.204. The molecule has 1 aliphatic heterocycles. The van der Waals surface area contributed by atoms with E-state index in [2.05, 4.69) is 0 Å². The fraction of sp³-hybridized carbons (Fsp3) is 0.667. The Morgan fingerprint density at radius 3 is 2.44 bits per heavy atom. The molecule has 0 amide bonds. The minimum atomic E-state index is -3.35. The molecule has 2 rings (SSSR count). The van der Waals surface area contributed by atoms with Crippen LogP contribution in [0.15, 0.2) is 16.3 Å². The van der Waals surface area contributed by atoms with Crippen molar-refractivity contribution in [1.29, 1.82) is 0 Å². The number of piperidine rings is 1. The van der Waals surface area contributed by atoms with Crippen LogP contribution in [0.1, 0.15) is 38.0 Å². The molecule has 1 aromatic heterocycles. The van der Waals surface area contributed by atoms with Crippen molar-refractivity contribution in [3.05, 3.63) is 17.0 Å². The van der Waals surface area contributed by atoms with Gasteiger partial charge >= 0.3 is 0 Å². The molecule has 2 N–H and O–H groups in total. The van der Waals surface area contributed by atoms with Crippen molar-refractivity contribution in [2.45, 2.75) is 55.9 Å². The van der Waals surface area contributed by atoms with E-state index >= 15 is 0 Å². The Hall–Kier alpha value is -0.430. The summed E-state index contributed by atoms with van der Waals surface area (Å²) < 4.78 is 27.4. The summed E-state index contributed by atoms with van der Waals surface area (Å²) >= 11 is 1.28.